The zero-order valence-corrected chi connectivity index (χ0v) is 18.8. The molecule has 0 aromatic carbocycles. The zero-order valence-electron chi connectivity index (χ0n) is 18.8. The van der Waals surface area contributed by atoms with E-state index in [1.54, 1.807) is 13.2 Å². The fraction of sp³-hybridized carbons (Fsp3) is 0.652. The Kier molecular flexibility index (Phi) is 7.30. The Morgan fingerprint density at radius 3 is 2.32 bits per heavy atom. The highest BCUT2D eigenvalue weighted by Crippen LogP contribution is 2.38. The Morgan fingerprint density at radius 1 is 1.13 bits per heavy atom. The number of amides is 2. The van der Waals surface area contributed by atoms with Gasteiger partial charge in [-0.2, -0.15) is 0 Å². The maximum absolute atomic E-state index is 12.7. The number of imide groups is 1. The molecule has 1 saturated carbocycles. The van der Waals surface area contributed by atoms with Gasteiger partial charge in [-0.05, 0) is 46.1 Å². The molecule has 1 aliphatic carbocycles. The van der Waals surface area contributed by atoms with Crippen molar-refractivity contribution in [2.45, 2.75) is 65.5 Å². The number of hydrogen-bond donors (Lipinski definition) is 0. The molecule has 0 N–H and O–H groups in total. The van der Waals surface area contributed by atoms with Crippen LogP contribution in [0.2, 0.25) is 0 Å². The molecule has 31 heavy (non-hydrogen) atoms. The minimum Gasteiger partial charge on any atom is -0.456 e. The highest BCUT2D eigenvalue weighted by Gasteiger charge is 2.51. The molecular weight excluding hydrogens is 400 g/mol. The molecule has 0 radical (unpaired) electrons. The number of carbonyl (C=O) groups excluding carboxylic acids is 4. The Labute approximate surface area is 182 Å². The van der Waals surface area contributed by atoms with Crippen LogP contribution < -0.4 is 0 Å². The molecular formula is C23H32N2O6. The number of esters is 1. The summed E-state index contributed by atoms with van der Waals surface area (Å²) in [6.45, 7) is 6.22. The van der Waals surface area contributed by atoms with Crippen LogP contribution in [0.25, 0.3) is 0 Å². The van der Waals surface area contributed by atoms with Crippen molar-refractivity contribution >= 4 is 23.6 Å². The summed E-state index contributed by atoms with van der Waals surface area (Å²) in [5, 5.41) is 0. The van der Waals surface area contributed by atoms with Crippen molar-refractivity contribution < 1.29 is 28.7 Å². The number of rotatable bonds is 9. The van der Waals surface area contributed by atoms with E-state index in [9.17, 15) is 19.2 Å². The highest BCUT2D eigenvalue weighted by molar-refractivity contribution is 6.08. The second kappa shape index (κ2) is 9.77. The molecule has 3 atom stereocenters. The molecule has 170 valence electrons. The first-order chi connectivity index (χ1) is 14.8. The topological polar surface area (TPSA) is 94.9 Å². The fourth-order valence-electron chi connectivity index (χ4n) is 4.80. The molecule has 2 heterocycles. The number of Topliss-reactive ketones (excluding diaryl/α,β-unsaturated/α-hetero) is 1. The predicted octanol–water partition coefficient (Wildman–Crippen LogP) is 2.43. The Morgan fingerprint density at radius 2 is 1.74 bits per heavy atom. The number of ether oxygens (including phenoxy) is 2. The van der Waals surface area contributed by atoms with E-state index < -0.39 is 18.6 Å². The SMILES string of the molecule is COCCCn1c(C)cc(C(=O)COC(=O)C(C)N2C(=O)C3CCCCC3C2=O)c1C. The van der Waals surface area contributed by atoms with Gasteiger partial charge in [0.15, 0.2) is 6.61 Å². The predicted molar refractivity (Wildman–Crippen MR) is 112 cm³/mol. The maximum atomic E-state index is 12.7. The highest BCUT2D eigenvalue weighted by atomic mass is 16.5. The van der Waals surface area contributed by atoms with Crippen LogP contribution in [0.3, 0.4) is 0 Å². The van der Waals surface area contributed by atoms with Gasteiger partial charge in [-0.25, -0.2) is 4.79 Å². The van der Waals surface area contributed by atoms with Crippen molar-refractivity contribution in [2.75, 3.05) is 20.3 Å². The minimum absolute atomic E-state index is 0.287. The average molecular weight is 433 g/mol. The van der Waals surface area contributed by atoms with E-state index in [0.717, 1.165) is 42.1 Å². The molecule has 0 spiro atoms. The average Bonchev–Trinajstić information content (AvgIpc) is 3.19. The van der Waals surface area contributed by atoms with Gasteiger partial charge in [-0.1, -0.05) is 12.8 Å². The molecule has 1 aromatic heterocycles. The molecule has 8 heteroatoms. The van der Waals surface area contributed by atoms with Gasteiger partial charge < -0.3 is 14.0 Å². The maximum Gasteiger partial charge on any atom is 0.329 e. The third-order valence-electron chi connectivity index (χ3n) is 6.55. The van der Waals surface area contributed by atoms with Gasteiger partial charge in [0.2, 0.25) is 17.6 Å². The van der Waals surface area contributed by atoms with Crippen LogP contribution in [-0.4, -0.2) is 59.4 Å². The van der Waals surface area contributed by atoms with E-state index >= 15 is 0 Å². The summed E-state index contributed by atoms with van der Waals surface area (Å²) in [5.74, 6) is -2.25. The van der Waals surface area contributed by atoms with E-state index in [0.29, 0.717) is 25.0 Å². The summed E-state index contributed by atoms with van der Waals surface area (Å²) in [4.78, 5) is 51.6. The summed E-state index contributed by atoms with van der Waals surface area (Å²) in [5.41, 5.74) is 2.28. The standard InChI is InChI=1S/C23H32N2O6/c1-14-12-19(15(2)24(14)10-7-11-30-4)20(26)13-31-23(29)16(3)25-21(27)17-8-5-6-9-18(17)22(25)28/h12,16-18H,5-11,13H2,1-4H3. The third kappa shape index (κ3) is 4.59. The quantitative estimate of drug-likeness (QED) is 0.257. The van der Waals surface area contributed by atoms with Crippen LogP contribution in [0.4, 0.5) is 0 Å². The first-order valence-corrected chi connectivity index (χ1v) is 11.0. The van der Waals surface area contributed by atoms with Crippen LogP contribution in [-0.2, 0) is 30.4 Å². The van der Waals surface area contributed by atoms with Crippen molar-refractivity contribution in [1.82, 2.24) is 9.47 Å². The third-order valence-corrected chi connectivity index (χ3v) is 6.55. The van der Waals surface area contributed by atoms with Gasteiger partial charge in [-0.15, -0.1) is 0 Å². The lowest BCUT2D eigenvalue weighted by molar-refractivity contribution is -0.157. The molecule has 8 nitrogen and oxygen atoms in total. The van der Waals surface area contributed by atoms with Crippen LogP contribution in [0.15, 0.2) is 6.07 Å². The number of ketones is 1. The number of aryl methyl sites for hydroxylation is 1. The van der Waals surface area contributed by atoms with E-state index in [1.165, 1.54) is 6.92 Å². The lowest BCUT2D eigenvalue weighted by atomic mass is 9.81. The summed E-state index contributed by atoms with van der Waals surface area (Å²) in [7, 11) is 1.65. The Bertz CT molecular complexity index is 850. The lowest BCUT2D eigenvalue weighted by Gasteiger charge is -2.21. The van der Waals surface area contributed by atoms with Crippen molar-refractivity contribution in [3.8, 4) is 0 Å². The number of hydrogen-bond acceptors (Lipinski definition) is 6. The normalized spacial score (nSPS) is 21.9. The van der Waals surface area contributed by atoms with Gasteiger partial charge in [-0.3, -0.25) is 19.3 Å². The van der Waals surface area contributed by atoms with Crippen molar-refractivity contribution in [3.63, 3.8) is 0 Å². The fourth-order valence-corrected chi connectivity index (χ4v) is 4.80. The monoisotopic (exact) mass is 432 g/mol. The number of aromatic nitrogens is 1. The number of nitrogens with zero attached hydrogens (tertiary/aromatic N) is 2. The van der Waals surface area contributed by atoms with Crippen LogP contribution in [0.5, 0.6) is 0 Å². The molecule has 2 fully saturated rings. The zero-order chi connectivity index (χ0) is 22.7. The molecule has 1 saturated heterocycles. The van der Waals surface area contributed by atoms with Gasteiger partial charge in [0.05, 0.1) is 11.8 Å². The van der Waals surface area contributed by atoms with Crippen LogP contribution >= 0.6 is 0 Å². The van der Waals surface area contributed by atoms with Crippen LogP contribution in [0.1, 0.15) is 60.8 Å². The van der Waals surface area contributed by atoms with E-state index in [4.69, 9.17) is 9.47 Å². The van der Waals surface area contributed by atoms with Gasteiger partial charge in [0.25, 0.3) is 0 Å². The molecule has 1 aliphatic heterocycles. The molecule has 1 aromatic rings. The lowest BCUT2D eigenvalue weighted by Crippen LogP contribution is -2.44. The number of methoxy groups -OCH3 is 1. The summed E-state index contributed by atoms with van der Waals surface area (Å²) in [6.07, 6.45) is 4.04. The first-order valence-electron chi connectivity index (χ1n) is 11.0. The largest absolute Gasteiger partial charge is 0.456 e. The number of likely N-dealkylation sites (tertiary alicyclic amines) is 1. The summed E-state index contributed by atoms with van der Waals surface area (Å²) >= 11 is 0. The van der Waals surface area contributed by atoms with Gasteiger partial charge in [0, 0.05) is 37.2 Å². The molecule has 3 rings (SSSR count). The van der Waals surface area contributed by atoms with Crippen molar-refractivity contribution in [1.29, 1.82) is 0 Å². The smallest absolute Gasteiger partial charge is 0.329 e. The first kappa shape index (κ1) is 23.2. The van der Waals surface area contributed by atoms with Gasteiger partial charge in [0.1, 0.15) is 6.04 Å². The molecule has 3 unspecified atom stereocenters. The van der Waals surface area contributed by atoms with Crippen molar-refractivity contribution in [2.24, 2.45) is 11.8 Å². The summed E-state index contributed by atoms with van der Waals surface area (Å²) in [6, 6.07) is 0.764. The second-order valence-corrected chi connectivity index (χ2v) is 8.53. The van der Waals surface area contributed by atoms with Crippen LogP contribution in [0, 0.1) is 25.7 Å². The minimum atomic E-state index is -1.03. The Balaban J connectivity index is 1.60. The molecule has 2 aliphatic rings. The molecule has 0 bridgehead atoms. The van der Waals surface area contributed by atoms with E-state index in [1.807, 2.05) is 18.4 Å². The second-order valence-electron chi connectivity index (χ2n) is 8.53. The van der Waals surface area contributed by atoms with Crippen molar-refractivity contribution in [3.05, 3.63) is 23.0 Å². The van der Waals surface area contributed by atoms with Gasteiger partial charge >= 0.3 is 5.97 Å². The Hall–Kier alpha value is -2.48. The number of carbonyl (C=O) groups is 4. The molecule has 2 amide bonds. The van der Waals surface area contributed by atoms with E-state index in [2.05, 4.69) is 0 Å². The number of fused-ring (bicyclic) bond motifs is 1. The summed E-state index contributed by atoms with van der Waals surface area (Å²) < 4.78 is 12.3. The van der Waals surface area contributed by atoms with E-state index in [-0.39, 0.29) is 29.4 Å².